The zero-order valence-electron chi connectivity index (χ0n) is 18.8. The first-order valence-electron chi connectivity index (χ1n) is 11.8. The fraction of sp³-hybridized carbons (Fsp3) is 0.321. The van der Waals surface area contributed by atoms with E-state index in [0.29, 0.717) is 24.6 Å². The summed E-state index contributed by atoms with van der Waals surface area (Å²) >= 11 is 0. The van der Waals surface area contributed by atoms with Crippen molar-refractivity contribution in [1.29, 1.82) is 0 Å². The maximum atomic E-state index is 13.6. The molecule has 5 nitrogen and oxygen atoms in total. The van der Waals surface area contributed by atoms with Crippen LogP contribution in [0.5, 0.6) is 0 Å². The van der Waals surface area contributed by atoms with Crippen molar-refractivity contribution in [3.63, 3.8) is 0 Å². The van der Waals surface area contributed by atoms with E-state index in [1.807, 2.05) is 47.5 Å². The minimum atomic E-state index is -0.0481. The van der Waals surface area contributed by atoms with Gasteiger partial charge in [0.2, 0.25) is 5.91 Å². The minimum Gasteiger partial charge on any atom is -0.334 e. The van der Waals surface area contributed by atoms with E-state index in [-0.39, 0.29) is 24.4 Å². The molecule has 1 saturated carbocycles. The standard InChI is InChI=1S/C28H29N3O2/c32-27(20-30-19-24-10-4-5-11-26(24)28(30)33)31(18-21-7-6-16-29-17-21)25-14-12-23(13-15-25)22-8-2-1-3-9-22/h1-11,16-17,23,25H,12-15,18-20H2. The predicted molar refractivity (Wildman–Crippen MR) is 127 cm³/mol. The Kier molecular flexibility index (Phi) is 6.20. The highest BCUT2D eigenvalue weighted by molar-refractivity contribution is 6.00. The highest BCUT2D eigenvalue weighted by atomic mass is 16.2. The molecule has 0 bridgehead atoms. The molecule has 5 rings (SSSR count). The first-order valence-corrected chi connectivity index (χ1v) is 11.8. The number of hydrogen-bond acceptors (Lipinski definition) is 3. The van der Waals surface area contributed by atoms with Crippen LogP contribution < -0.4 is 0 Å². The molecule has 2 aromatic carbocycles. The van der Waals surface area contributed by atoms with Crippen molar-refractivity contribution < 1.29 is 9.59 Å². The summed E-state index contributed by atoms with van der Waals surface area (Å²) in [6, 6.07) is 22.4. The van der Waals surface area contributed by atoms with Crippen molar-refractivity contribution >= 4 is 11.8 Å². The lowest BCUT2D eigenvalue weighted by Gasteiger charge is -2.38. The Balaban J connectivity index is 1.30. The zero-order valence-corrected chi connectivity index (χ0v) is 18.8. The fourth-order valence-electron chi connectivity index (χ4n) is 5.25. The molecule has 0 atom stereocenters. The molecule has 0 saturated heterocycles. The Bertz CT molecular complexity index is 1110. The fourth-order valence-corrected chi connectivity index (χ4v) is 5.25. The maximum Gasteiger partial charge on any atom is 0.254 e. The average Bonchev–Trinajstić information content (AvgIpc) is 3.19. The third kappa shape index (κ3) is 4.68. The molecular formula is C28H29N3O2. The smallest absolute Gasteiger partial charge is 0.254 e. The van der Waals surface area contributed by atoms with Gasteiger partial charge in [-0.2, -0.15) is 0 Å². The molecule has 0 spiro atoms. The Morgan fingerprint density at radius 1 is 0.939 bits per heavy atom. The van der Waals surface area contributed by atoms with Crippen molar-refractivity contribution in [1.82, 2.24) is 14.8 Å². The minimum absolute atomic E-state index is 0.0168. The quantitative estimate of drug-likeness (QED) is 0.555. The molecule has 0 unspecified atom stereocenters. The van der Waals surface area contributed by atoms with Crippen molar-refractivity contribution in [2.24, 2.45) is 0 Å². The number of aromatic nitrogens is 1. The van der Waals surface area contributed by atoms with Gasteiger partial charge in [0, 0.05) is 37.1 Å². The Hall–Kier alpha value is -3.47. The van der Waals surface area contributed by atoms with Crippen LogP contribution in [0.25, 0.3) is 0 Å². The first-order chi connectivity index (χ1) is 16.2. The van der Waals surface area contributed by atoms with E-state index in [1.54, 1.807) is 11.1 Å². The van der Waals surface area contributed by atoms with Gasteiger partial charge in [0.15, 0.2) is 0 Å². The maximum absolute atomic E-state index is 13.6. The van der Waals surface area contributed by atoms with Crippen LogP contribution in [0.3, 0.4) is 0 Å². The number of nitrogens with zero attached hydrogens (tertiary/aromatic N) is 3. The number of pyridine rings is 1. The summed E-state index contributed by atoms with van der Waals surface area (Å²) < 4.78 is 0. The van der Waals surface area contributed by atoms with Crippen LogP contribution in [0.15, 0.2) is 79.1 Å². The summed E-state index contributed by atoms with van der Waals surface area (Å²) in [6.45, 7) is 1.15. The SMILES string of the molecule is O=C1c2ccccc2CN1CC(=O)N(Cc1cccnc1)C1CCC(c2ccccc2)CC1. The molecule has 1 aliphatic heterocycles. The second-order valence-electron chi connectivity index (χ2n) is 9.12. The molecule has 33 heavy (non-hydrogen) atoms. The third-order valence-electron chi connectivity index (χ3n) is 7.03. The molecule has 0 radical (unpaired) electrons. The van der Waals surface area contributed by atoms with E-state index in [0.717, 1.165) is 36.8 Å². The number of benzene rings is 2. The van der Waals surface area contributed by atoms with Crippen LogP contribution in [0, 0.1) is 0 Å². The lowest BCUT2D eigenvalue weighted by Crippen LogP contribution is -2.46. The second kappa shape index (κ2) is 9.57. The van der Waals surface area contributed by atoms with Crippen LogP contribution in [0.1, 0.15) is 58.6 Å². The highest BCUT2D eigenvalue weighted by Crippen LogP contribution is 2.35. The van der Waals surface area contributed by atoms with Gasteiger partial charge in [0.25, 0.3) is 5.91 Å². The molecule has 1 aromatic heterocycles. The monoisotopic (exact) mass is 439 g/mol. The Morgan fingerprint density at radius 2 is 1.70 bits per heavy atom. The number of hydrogen-bond donors (Lipinski definition) is 0. The number of carbonyl (C=O) groups excluding carboxylic acids is 2. The van der Waals surface area contributed by atoms with Gasteiger partial charge in [-0.1, -0.05) is 54.6 Å². The Labute approximate surface area is 195 Å². The van der Waals surface area contributed by atoms with E-state index in [1.165, 1.54) is 5.56 Å². The second-order valence-corrected chi connectivity index (χ2v) is 9.12. The van der Waals surface area contributed by atoms with Gasteiger partial charge in [-0.05, 0) is 60.4 Å². The van der Waals surface area contributed by atoms with Crippen molar-refractivity contribution in [3.05, 3.63) is 101 Å². The lowest BCUT2D eigenvalue weighted by molar-refractivity contribution is -0.135. The van der Waals surface area contributed by atoms with Crippen molar-refractivity contribution in [2.45, 2.75) is 50.7 Å². The predicted octanol–water partition coefficient (Wildman–Crippen LogP) is 4.79. The van der Waals surface area contributed by atoms with Gasteiger partial charge in [0.1, 0.15) is 6.54 Å². The summed E-state index contributed by atoms with van der Waals surface area (Å²) in [5.41, 5.74) is 4.12. The molecule has 3 aromatic rings. The van der Waals surface area contributed by atoms with Gasteiger partial charge in [-0.15, -0.1) is 0 Å². The van der Waals surface area contributed by atoms with Crippen molar-refractivity contribution in [2.75, 3.05) is 6.54 Å². The van der Waals surface area contributed by atoms with Gasteiger partial charge < -0.3 is 9.80 Å². The van der Waals surface area contributed by atoms with E-state index in [2.05, 4.69) is 35.3 Å². The Morgan fingerprint density at radius 3 is 2.42 bits per heavy atom. The zero-order chi connectivity index (χ0) is 22.6. The van der Waals surface area contributed by atoms with Crippen LogP contribution in [0.2, 0.25) is 0 Å². The topological polar surface area (TPSA) is 53.5 Å². The van der Waals surface area contributed by atoms with Crippen LogP contribution >= 0.6 is 0 Å². The molecule has 168 valence electrons. The van der Waals surface area contributed by atoms with E-state index >= 15 is 0 Å². The summed E-state index contributed by atoms with van der Waals surface area (Å²) in [4.78, 5) is 34.3. The summed E-state index contributed by atoms with van der Waals surface area (Å²) in [5, 5.41) is 0. The first kappa shape index (κ1) is 21.4. The van der Waals surface area contributed by atoms with Gasteiger partial charge >= 0.3 is 0 Å². The summed E-state index contributed by atoms with van der Waals surface area (Å²) in [7, 11) is 0. The highest BCUT2D eigenvalue weighted by Gasteiger charge is 2.33. The molecule has 5 heteroatoms. The molecule has 2 amide bonds. The van der Waals surface area contributed by atoms with Gasteiger partial charge in [0.05, 0.1) is 0 Å². The van der Waals surface area contributed by atoms with Crippen LogP contribution in [-0.4, -0.2) is 39.2 Å². The number of carbonyl (C=O) groups is 2. The number of rotatable bonds is 6. The summed E-state index contributed by atoms with van der Waals surface area (Å²) in [5.74, 6) is 0.517. The average molecular weight is 440 g/mol. The van der Waals surface area contributed by atoms with E-state index in [9.17, 15) is 9.59 Å². The molecular weight excluding hydrogens is 410 g/mol. The lowest BCUT2D eigenvalue weighted by atomic mass is 9.81. The molecule has 1 fully saturated rings. The molecule has 2 heterocycles. The normalized spacial score (nSPS) is 19.9. The van der Waals surface area contributed by atoms with Crippen molar-refractivity contribution in [3.8, 4) is 0 Å². The molecule has 2 aliphatic rings. The number of fused-ring (bicyclic) bond motifs is 1. The summed E-state index contributed by atoms with van der Waals surface area (Å²) in [6.07, 6.45) is 7.66. The van der Waals surface area contributed by atoms with Crippen LogP contribution in [0.4, 0.5) is 0 Å². The van der Waals surface area contributed by atoms with Gasteiger partial charge in [-0.3, -0.25) is 14.6 Å². The largest absolute Gasteiger partial charge is 0.334 e. The van der Waals surface area contributed by atoms with Gasteiger partial charge in [-0.25, -0.2) is 0 Å². The number of amides is 2. The van der Waals surface area contributed by atoms with E-state index < -0.39 is 0 Å². The van der Waals surface area contributed by atoms with E-state index in [4.69, 9.17) is 0 Å². The third-order valence-corrected chi connectivity index (χ3v) is 7.03. The molecule has 0 N–H and O–H groups in total. The van der Waals surface area contributed by atoms with Crippen LogP contribution in [-0.2, 0) is 17.9 Å². The molecule has 1 aliphatic carbocycles.